The molecule has 0 radical (unpaired) electrons. The third kappa shape index (κ3) is 5.11. The Hall–Kier alpha value is -1.10. The van der Waals surface area contributed by atoms with Gasteiger partial charge in [0.2, 0.25) is 11.8 Å². The number of likely N-dealkylation sites (N-methyl/N-ethyl adjacent to an activating group) is 2. The zero-order valence-electron chi connectivity index (χ0n) is 10.8. The Labute approximate surface area is 97.4 Å². The average Bonchev–Trinajstić information content (AvgIpc) is 2.13. The van der Waals surface area contributed by atoms with Crippen molar-refractivity contribution in [2.24, 2.45) is 5.41 Å². The second-order valence-electron chi connectivity index (χ2n) is 4.79. The molecule has 1 atom stereocenters. The topological polar surface area (TPSA) is 70.2 Å². The molecular formula is C11H23N3O2. The lowest BCUT2D eigenvalue weighted by Gasteiger charge is -2.30. The van der Waals surface area contributed by atoms with Gasteiger partial charge in [-0.2, -0.15) is 0 Å². The molecule has 94 valence electrons. The molecule has 0 spiro atoms. The summed E-state index contributed by atoms with van der Waals surface area (Å²) in [5, 5.41) is 8.21. The van der Waals surface area contributed by atoms with Crippen LogP contribution in [0.1, 0.15) is 27.7 Å². The van der Waals surface area contributed by atoms with E-state index in [0.717, 1.165) is 0 Å². The van der Waals surface area contributed by atoms with Gasteiger partial charge in [0.25, 0.3) is 0 Å². The summed E-state index contributed by atoms with van der Waals surface area (Å²) in [4.78, 5) is 23.2. The van der Waals surface area contributed by atoms with Crippen molar-refractivity contribution in [1.82, 2.24) is 16.0 Å². The van der Waals surface area contributed by atoms with Gasteiger partial charge in [-0.1, -0.05) is 20.8 Å². The summed E-state index contributed by atoms with van der Waals surface area (Å²) in [6.07, 6.45) is 0. The molecule has 5 heteroatoms. The van der Waals surface area contributed by atoms with Gasteiger partial charge in [0.1, 0.15) is 6.04 Å². The summed E-state index contributed by atoms with van der Waals surface area (Å²) in [5.41, 5.74) is -0.303. The molecule has 0 aromatic rings. The van der Waals surface area contributed by atoms with E-state index in [4.69, 9.17) is 0 Å². The Morgan fingerprint density at radius 2 is 1.81 bits per heavy atom. The molecule has 1 unspecified atom stereocenters. The van der Waals surface area contributed by atoms with Crippen molar-refractivity contribution in [2.45, 2.75) is 33.7 Å². The van der Waals surface area contributed by atoms with Gasteiger partial charge in [0.15, 0.2) is 0 Å². The largest absolute Gasteiger partial charge is 0.355 e. The second kappa shape index (κ2) is 6.48. The van der Waals surface area contributed by atoms with E-state index in [2.05, 4.69) is 16.0 Å². The molecule has 0 heterocycles. The maximum Gasteiger partial charge on any atom is 0.243 e. The van der Waals surface area contributed by atoms with Crippen LogP contribution in [-0.2, 0) is 9.59 Å². The number of hydrogen-bond donors (Lipinski definition) is 3. The van der Waals surface area contributed by atoms with Crippen molar-refractivity contribution in [3.05, 3.63) is 0 Å². The Morgan fingerprint density at radius 3 is 2.19 bits per heavy atom. The quantitative estimate of drug-likeness (QED) is 0.615. The minimum Gasteiger partial charge on any atom is -0.355 e. The lowest BCUT2D eigenvalue weighted by Crippen LogP contribution is -2.54. The third-order valence-corrected chi connectivity index (χ3v) is 2.12. The van der Waals surface area contributed by atoms with Crippen molar-refractivity contribution in [3.8, 4) is 0 Å². The number of nitrogens with one attached hydrogen (secondary N) is 3. The highest BCUT2D eigenvalue weighted by Gasteiger charge is 2.32. The molecule has 0 bridgehead atoms. The Kier molecular flexibility index (Phi) is 6.03. The van der Waals surface area contributed by atoms with Crippen LogP contribution in [0.2, 0.25) is 0 Å². The van der Waals surface area contributed by atoms with Crippen LogP contribution in [0.4, 0.5) is 0 Å². The predicted molar refractivity (Wildman–Crippen MR) is 64.0 cm³/mol. The highest BCUT2D eigenvalue weighted by Crippen LogP contribution is 2.19. The van der Waals surface area contributed by atoms with Crippen LogP contribution in [0, 0.1) is 5.41 Å². The fourth-order valence-corrected chi connectivity index (χ4v) is 1.32. The van der Waals surface area contributed by atoms with Gasteiger partial charge in [-0.15, -0.1) is 0 Å². The normalized spacial score (nSPS) is 13.1. The molecular weight excluding hydrogens is 206 g/mol. The Morgan fingerprint density at radius 1 is 1.25 bits per heavy atom. The molecule has 5 nitrogen and oxygen atoms in total. The van der Waals surface area contributed by atoms with Crippen molar-refractivity contribution >= 4 is 11.8 Å². The summed E-state index contributed by atoms with van der Waals surface area (Å²) in [7, 11) is 1.69. The molecule has 0 rings (SSSR count). The van der Waals surface area contributed by atoms with E-state index in [1.807, 2.05) is 27.7 Å². The molecule has 16 heavy (non-hydrogen) atoms. The van der Waals surface area contributed by atoms with Crippen molar-refractivity contribution in [2.75, 3.05) is 20.1 Å². The van der Waals surface area contributed by atoms with Crippen molar-refractivity contribution in [3.63, 3.8) is 0 Å². The highest BCUT2D eigenvalue weighted by molar-refractivity contribution is 5.88. The van der Waals surface area contributed by atoms with Gasteiger partial charge in [-0.25, -0.2) is 0 Å². The SMILES string of the molecule is CCNC(=O)C(NC(=O)CNC)C(C)(C)C. The molecule has 0 saturated heterocycles. The Balaban J connectivity index is 4.57. The smallest absolute Gasteiger partial charge is 0.243 e. The third-order valence-electron chi connectivity index (χ3n) is 2.12. The van der Waals surface area contributed by atoms with Crippen molar-refractivity contribution in [1.29, 1.82) is 0 Å². The second-order valence-corrected chi connectivity index (χ2v) is 4.79. The minimum absolute atomic E-state index is 0.139. The maximum absolute atomic E-state index is 11.8. The molecule has 0 aliphatic rings. The fourth-order valence-electron chi connectivity index (χ4n) is 1.32. The highest BCUT2D eigenvalue weighted by atomic mass is 16.2. The predicted octanol–water partition coefficient (Wildman–Crippen LogP) is -0.127. The first-order chi connectivity index (χ1) is 7.32. The minimum atomic E-state index is -0.506. The average molecular weight is 229 g/mol. The van der Waals surface area contributed by atoms with Crippen LogP contribution in [0.3, 0.4) is 0 Å². The van der Waals surface area contributed by atoms with E-state index >= 15 is 0 Å². The number of hydrogen-bond acceptors (Lipinski definition) is 3. The number of carbonyl (C=O) groups excluding carboxylic acids is 2. The first-order valence-electron chi connectivity index (χ1n) is 5.54. The lowest BCUT2D eigenvalue weighted by atomic mass is 9.86. The molecule has 0 saturated carbocycles. The van der Waals surface area contributed by atoms with Gasteiger partial charge in [-0.3, -0.25) is 9.59 Å². The van der Waals surface area contributed by atoms with Crippen LogP contribution < -0.4 is 16.0 Å². The number of rotatable bonds is 5. The van der Waals surface area contributed by atoms with E-state index in [-0.39, 0.29) is 23.8 Å². The van der Waals surface area contributed by atoms with Gasteiger partial charge < -0.3 is 16.0 Å². The van der Waals surface area contributed by atoms with Gasteiger partial charge in [0.05, 0.1) is 6.54 Å². The molecule has 0 fully saturated rings. The van der Waals surface area contributed by atoms with Crippen molar-refractivity contribution < 1.29 is 9.59 Å². The van der Waals surface area contributed by atoms with Crippen LogP contribution >= 0.6 is 0 Å². The van der Waals surface area contributed by atoms with E-state index in [9.17, 15) is 9.59 Å². The van der Waals surface area contributed by atoms with Gasteiger partial charge in [0, 0.05) is 6.54 Å². The molecule has 2 amide bonds. The first-order valence-corrected chi connectivity index (χ1v) is 5.54. The summed E-state index contributed by atoms with van der Waals surface area (Å²) in [6.45, 7) is 8.40. The summed E-state index contributed by atoms with van der Waals surface area (Å²) in [6, 6.07) is -0.506. The standard InChI is InChI=1S/C11H23N3O2/c1-6-13-10(16)9(11(2,3)4)14-8(15)7-12-5/h9,12H,6-7H2,1-5H3,(H,13,16)(H,14,15). The van der Waals surface area contributed by atoms with E-state index in [1.165, 1.54) is 0 Å². The van der Waals surface area contributed by atoms with E-state index < -0.39 is 6.04 Å². The molecule has 0 aliphatic heterocycles. The summed E-state index contributed by atoms with van der Waals surface area (Å²) in [5.74, 6) is -0.312. The maximum atomic E-state index is 11.8. The molecule has 0 aromatic heterocycles. The summed E-state index contributed by atoms with van der Waals surface area (Å²) >= 11 is 0. The monoisotopic (exact) mass is 229 g/mol. The van der Waals surface area contributed by atoms with Gasteiger partial charge >= 0.3 is 0 Å². The summed E-state index contributed by atoms with van der Waals surface area (Å²) < 4.78 is 0. The van der Waals surface area contributed by atoms with Crippen LogP contribution in [0.15, 0.2) is 0 Å². The zero-order chi connectivity index (χ0) is 12.8. The molecule has 0 aliphatic carbocycles. The first kappa shape index (κ1) is 14.9. The number of carbonyl (C=O) groups is 2. The van der Waals surface area contributed by atoms with Gasteiger partial charge in [-0.05, 0) is 19.4 Å². The lowest BCUT2D eigenvalue weighted by molar-refractivity contribution is -0.131. The molecule has 0 aromatic carbocycles. The number of amides is 2. The van der Waals surface area contributed by atoms with E-state index in [0.29, 0.717) is 6.54 Å². The molecule has 3 N–H and O–H groups in total. The van der Waals surface area contributed by atoms with E-state index in [1.54, 1.807) is 7.05 Å². The zero-order valence-corrected chi connectivity index (χ0v) is 10.8. The van der Waals surface area contributed by atoms with Crippen LogP contribution in [-0.4, -0.2) is 38.0 Å². The van der Waals surface area contributed by atoms with Crippen LogP contribution in [0.25, 0.3) is 0 Å². The Bertz CT molecular complexity index is 246. The fraction of sp³-hybridized carbons (Fsp3) is 0.818. The van der Waals surface area contributed by atoms with Crippen LogP contribution in [0.5, 0.6) is 0 Å².